The summed E-state index contributed by atoms with van der Waals surface area (Å²) in [5.41, 5.74) is 5.05. The van der Waals surface area contributed by atoms with Crippen molar-refractivity contribution in [3.05, 3.63) is 77.7 Å². The summed E-state index contributed by atoms with van der Waals surface area (Å²) >= 11 is 0. The van der Waals surface area contributed by atoms with Crippen LogP contribution in [0.4, 0.5) is 5.82 Å². The number of hydrogen-bond acceptors (Lipinski definition) is 6. The smallest absolute Gasteiger partial charge is 0.251 e. The van der Waals surface area contributed by atoms with E-state index in [9.17, 15) is 4.79 Å². The molecule has 0 saturated carbocycles. The topological polar surface area (TPSA) is 73.4 Å². The second-order valence-electron chi connectivity index (χ2n) is 10.6. The Balaban J connectivity index is 1.13. The average molecular weight is 499 g/mol. The Morgan fingerprint density at radius 1 is 1.03 bits per heavy atom. The molecule has 2 unspecified atom stereocenters. The summed E-state index contributed by atoms with van der Waals surface area (Å²) in [7, 11) is 0. The lowest BCUT2D eigenvalue weighted by Crippen LogP contribution is -2.54. The molecule has 0 aliphatic carbocycles. The summed E-state index contributed by atoms with van der Waals surface area (Å²) in [6, 6.07) is 15.4. The molecule has 5 rings (SSSR count). The molecule has 2 saturated heterocycles. The molecule has 194 valence electrons. The van der Waals surface area contributed by atoms with Gasteiger partial charge in [0.25, 0.3) is 5.91 Å². The van der Waals surface area contributed by atoms with E-state index in [2.05, 4.69) is 51.4 Å². The number of carbonyl (C=O) groups is 1. The van der Waals surface area contributed by atoms with Gasteiger partial charge in [-0.2, -0.15) is 0 Å². The number of nitrogens with one attached hydrogen (secondary N) is 2. The van der Waals surface area contributed by atoms with Crippen molar-refractivity contribution in [3.8, 4) is 11.1 Å². The number of carbonyl (C=O) groups excluding carboxylic acids is 1. The highest BCUT2D eigenvalue weighted by Crippen LogP contribution is 2.25. The first kappa shape index (κ1) is 25.4. The minimum Gasteiger partial charge on any atom is -0.354 e. The first-order valence-electron chi connectivity index (χ1n) is 13.5. The molecule has 2 fully saturated rings. The fourth-order valence-electron chi connectivity index (χ4n) is 5.68. The number of benzene rings is 1. The number of piperidine rings is 1. The number of anilines is 1. The molecule has 3 aromatic rings. The van der Waals surface area contributed by atoms with Crippen molar-refractivity contribution in [2.75, 3.05) is 31.1 Å². The van der Waals surface area contributed by atoms with E-state index in [-0.39, 0.29) is 11.9 Å². The summed E-state index contributed by atoms with van der Waals surface area (Å²) in [4.78, 5) is 27.0. The highest BCUT2D eigenvalue weighted by atomic mass is 16.1. The van der Waals surface area contributed by atoms with Crippen molar-refractivity contribution in [1.82, 2.24) is 25.5 Å². The normalized spacial score (nSPS) is 21.1. The number of amides is 1. The van der Waals surface area contributed by atoms with Crippen molar-refractivity contribution in [2.45, 2.75) is 58.3 Å². The Labute approximate surface area is 220 Å². The number of rotatable bonds is 6. The van der Waals surface area contributed by atoms with Crippen molar-refractivity contribution < 1.29 is 4.79 Å². The van der Waals surface area contributed by atoms with E-state index >= 15 is 0 Å². The third kappa shape index (κ3) is 6.17. The monoisotopic (exact) mass is 498 g/mol. The van der Waals surface area contributed by atoms with E-state index in [1.165, 1.54) is 5.56 Å². The van der Waals surface area contributed by atoms with Crippen LogP contribution in [-0.4, -0.2) is 65.1 Å². The van der Waals surface area contributed by atoms with Crippen LogP contribution in [0.15, 0.2) is 61.1 Å². The van der Waals surface area contributed by atoms with Crippen LogP contribution in [0.3, 0.4) is 0 Å². The Hall–Kier alpha value is -3.29. The molecule has 2 aliphatic rings. The first-order chi connectivity index (χ1) is 18.0. The maximum absolute atomic E-state index is 13.1. The highest BCUT2D eigenvalue weighted by molar-refractivity contribution is 5.97. The molecule has 4 heterocycles. The van der Waals surface area contributed by atoms with E-state index in [0.29, 0.717) is 12.1 Å². The molecule has 2 aromatic heterocycles. The molecule has 2 N–H and O–H groups in total. The van der Waals surface area contributed by atoms with Gasteiger partial charge < -0.3 is 15.5 Å². The summed E-state index contributed by atoms with van der Waals surface area (Å²) in [5.74, 6) is 1.08. The van der Waals surface area contributed by atoms with Crippen LogP contribution >= 0.6 is 0 Å². The molecule has 1 amide bonds. The fraction of sp³-hybridized carbons (Fsp3) is 0.433. The number of pyridine rings is 2. The van der Waals surface area contributed by atoms with Gasteiger partial charge in [-0.15, -0.1) is 0 Å². The number of hydrogen-bond donors (Lipinski definition) is 2. The lowest BCUT2D eigenvalue weighted by Gasteiger charge is -2.37. The zero-order valence-corrected chi connectivity index (χ0v) is 22.2. The van der Waals surface area contributed by atoms with Crippen LogP contribution < -0.4 is 15.5 Å². The van der Waals surface area contributed by atoms with Crippen molar-refractivity contribution in [2.24, 2.45) is 0 Å². The lowest BCUT2D eigenvalue weighted by atomic mass is 9.96. The number of piperazine rings is 1. The van der Waals surface area contributed by atoms with Gasteiger partial charge in [-0.05, 0) is 68.5 Å². The second-order valence-corrected chi connectivity index (χ2v) is 10.6. The van der Waals surface area contributed by atoms with Crippen LogP contribution in [0.2, 0.25) is 0 Å². The Kier molecular flexibility index (Phi) is 7.82. The van der Waals surface area contributed by atoms with Crippen molar-refractivity contribution >= 4 is 11.7 Å². The molecule has 0 radical (unpaired) electrons. The zero-order valence-electron chi connectivity index (χ0n) is 22.2. The first-order valence-corrected chi connectivity index (χ1v) is 13.5. The molecule has 1 aromatic carbocycles. The van der Waals surface area contributed by atoms with Crippen LogP contribution in [0.1, 0.15) is 48.2 Å². The zero-order chi connectivity index (χ0) is 25.8. The molecule has 2 atom stereocenters. The average Bonchev–Trinajstić information content (AvgIpc) is 2.90. The third-order valence-corrected chi connectivity index (χ3v) is 7.57. The van der Waals surface area contributed by atoms with Crippen molar-refractivity contribution in [1.29, 1.82) is 0 Å². The molecule has 37 heavy (non-hydrogen) atoms. The van der Waals surface area contributed by atoms with E-state index in [4.69, 9.17) is 4.98 Å². The van der Waals surface area contributed by atoms with Gasteiger partial charge in [0, 0.05) is 80.6 Å². The molecule has 7 nitrogen and oxygen atoms in total. The highest BCUT2D eigenvalue weighted by Gasteiger charge is 2.24. The van der Waals surface area contributed by atoms with E-state index in [0.717, 1.165) is 73.6 Å². The van der Waals surface area contributed by atoms with Gasteiger partial charge >= 0.3 is 0 Å². The van der Waals surface area contributed by atoms with Crippen LogP contribution in [0, 0.1) is 6.92 Å². The number of likely N-dealkylation sites (tertiary alicyclic amines) is 1. The third-order valence-electron chi connectivity index (χ3n) is 7.57. The molecule has 0 bridgehead atoms. The second kappa shape index (κ2) is 11.4. The van der Waals surface area contributed by atoms with Crippen molar-refractivity contribution in [3.63, 3.8) is 0 Å². The summed E-state index contributed by atoms with van der Waals surface area (Å²) in [6.07, 6.45) is 7.54. The summed E-state index contributed by atoms with van der Waals surface area (Å²) in [5, 5.41) is 6.86. The Morgan fingerprint density at radius 3 is 2.49 bits per heavy atom. The van der Waals surface area contributed by atoms with Gasteiger partial charge in [0.2, 0.25) is 0 Å². The standard InChI is InChI=1S/C30H38N6O/c1-21-18-36(19-22(2)33-21)29-10-9-24(16-32-29)20-35-14-11-26(12-15-35)34-30(37)28-8-4-7-27(23(28)3)25-6-5-13-31-17-25/h4-10,13,16-17,21-22,26,33H,11-12,14-15,18-20H2,1-3H3,(H,34,37). The Bertz CT molecular complexity index is 1180. The maximum atomic E-state index is 13.1. The Morgan fingerprint density at radius 2 is 1.81 bits per heavy atom. The SMILES string of the molecule is Cc1c(C(=O)NC2CCN(Cc3ccc(N4CC(C)NC(C)C4)nc3)CC2)cccc1-c1cccnc1. The van der Waals surface area contributed by atoms with Crippen LogP contribution in [0.5, 0.6) is 0 Å². The summed E-state index contributed by atoms with van der Waals surface area (Å²) in [6.45, 7) is 11.3. The predicted molar refractivity (Wildman–Crippen MR) is 149 cm³/mol. The molecule has 7 heteroatoms. The number of nitrogens with zero attached hydrogens (tertiary/aromatic N) is 4. The lowest BCUT2D eigenvalue weighted by molar-refractivity contribution is 0.0908. The van der Waals surface area contributed by atoms with Gasteiger partial charge in [-0.1, -0.05) is 24.3 Å². The molecular formula is C30H38N6O. The number of aromatic nitrogens is 2. The largest absolute Gasteiger partial charge is 0.354 e. The molecule has 0 spiro atoms. The minimum absolute atomic E-state index is 0.0121. The molecule has 2 aliphatic heterocycles. The van der Waals surface area contributed by atoms with Gasteiger partial charge in [0.1, 0.15) is 5.82 Å². The van der Waals surface area contributed by atoms with E-state index in [1.807, 2.05) is 49.6 Å². The van der Waals surface area contributed by atoms with E-state index in [1.54, 1.807) is 6.20 Å². The van der Waals surface area contributed by atoms with Gasteiger partial charge in [-0.25, -0.2) is 4.98 Å². The van der Waals surface area contributed by atoms with Gasteiger partial charge in [-0.3, -0.25) is 14.7 Å². The van der Waals surface area contributed by atoms with Gasteiger partial charge in [0.05, 0.1) is 0 Å². The fourth-order valence-corrected chi connectivity index (χ4v) is 5.68. The maximum Gasteiger partial charge on any atom is 0.251 e. The molecular weight excluding hydrogens is 460 g/mol. The quantitative estimate of drug-likeness (QED) is 0.535. The predicted octanol–water partition coefficient (Wildman–Crippen LogP) is 4.03. The van der Waals surface area contributed by atoms with Crippen LogP contribution in [-0.2, 0) is 6.54 Å². The summed E-state index contributed by atoms with van der Waals surface area (Å²) < 4.78 is 0. The van der Waals surface area contributed by atoms with Crippen LogP contribution in [0.25, 0.3) is 11.1 Å². The van der Waals surface area contributed by atoms with Gasteiger partial charge in [0.15, 0.2) is 0 Å². The van der Waals surface area contributed by atoms with E-state index < -0.39 is 0 Å². The minimum atomic E-state index is 0.0121.